The van der Waals surface area contributed by atoms with E-state index >= 15 is 0 Å². The molecule has 0 atom stereocenters. The van der Waals surface area contributed by atoms with Gasteiger partial charge in [-0.05, 0) is 40.2 Å². The number of benzene rings is 2. The summed E-state index contributed by atoms with van der Waals surface area (Å²) < 4.78 is 0. The van der Waals surface area contributed by atoms with E-state index in [-0.39, 0.29) is 0 Å². The Labute approximate surface area is 118 Å². The summed E-state index contributed by atoms with van der Waals surface area (Å²) in [6.07, 6.45) is 7.76. The zero-order valence-electron chi connectivity index (χ0n) is 11.2. The predicted octanol–water partition coefficient (Wildman–Crippen LogP) is 4.00. The molecule has 3 aromatic rings. The fraction of sp³-hybridized carbons (Fsp3) is 0.0556. The lowest BCUT2D eigenvalue weighted by Gasteiger charge is -2.10. The zero-order valence-corrected chi connectivity index (χ0v) is 11.2. The van der Waals surface area contributed by atoms with Crippen molar-refractivity contribution < 1.29 is 0 Å². The van der Waals surface area contributed by atoms with Crippen LogP contribution in [0.2, 0.25) is 0 Å². The Morgan fingerprint density at radius 1 is 0.850 bits per heavy atom. The van der Waals surface area contributed by atoms with Crippen molar-refractivity contribution in [1.29, 1.82) is 0 Å². The van der Waals surface area contributed by atoms with Crippen molar-refractivity contribution in [3.8, 4) is 0 Å². The molecular formula is C18H16N2. The Balaban J connectivity index is 0.000000121. The highest BCUT2D eigenvalue weighted by molar-refractivity contribution is 5.80. The number of hydrogen-bond donors (Lipinski definition) is 1. The molecule has 2 aromatic carbocycles. The van der Waals surface area contributed by atoms with E-state index in [1.807, 2.05) is 36.8 Å². The molecule has 20 heavy (non-hydrogen) atoms. The second kappa shape index (κ2) is 6.02. The third-order valence-corrected chi connectivity index (χ3v) is 3.28. The van der Waals surface area contributed by atoms with Gasteiger partial charge in [0.05, 0.1) is 0 Å². The van der Waals surface area contributed by atoms with Gasteiger partial charge >= 0.3 is 0 Å². The van der Waals surface area contributed by atoms with Gasteiger partial charge in [-0.1, -0.05) is 48.5 Å². The summed E-state index contributed by atoms with van der Waals surface area (Å²) in [7, 11) is 0. The minimum Gasteiger partial charge on any atom is -0.387 e. The highest BCUT2D eigenvalue weighted by Crippen LogP contribution is 2.12. The van der Waals surface area contributed by atoms with Crippen molar-refractivity contribution in [3.05, 3.63) is 84.3 Å². The summed E-state index contributed by atoms with van der Waals surface area (Å²) in [6.45, 7) is 0.965. The Morgan fingerprint density at radius 2 is 1.65 bits per heavy atom. The summed E-state index contributed by atoms with van der Waals surface area (Å²) in [6, 6.07) is 18.6. The largest absolute Gasteiger partial charge is 0.387 e. The Bertz CT molecular complexity index is 667. The van der Waals surface area contributed by atoms with Crippen LogP contribution < -0.4 is 5.32 Å². The topological polar surface area (TPSA) is 24.9 Å². The summed E-state index contributed by atoms with van der Waals surface area (Å²) in [5.74, 6) is 0. The van der Waals surface area contributed by atoms with E-state index in [0.29, 0.717) is 0 Å². The molecule has 0 unspecified atom stereocenters. The fourth-order valence-electron chi connectivity index (χ4n) is 2.20. The van der Waals surface area contributed by atoms with Crippen LogP contribution in [0.25, 0.3) is 16.8 Å². The molecule has 0 spiro atoms. The summed E-state index contributed by atoms with van der Waals surface area (Å²) >= 11 is 0. The minimum absolute atomic E-state index is 0.965. The molecule has 1 N–H and O–H groups in total. The molecular weight excluding hydrogens is 244 g/mol. The van der Waals surface area contributed by atoms with Crippen LogP contribution in [0, 0.1) is 0 Å². The van der Waals surface area contributed by atoms with E-state index in [9.17, 15) is 0 Å². The molecule has 2 nitrogen and oxygen atoms in total. The molecule has 0 bridgehead atoms. The SMILES string of the molecule is C1=Cc2ccccc2CN1.c1ccc2cnccc2c1. The lowest BCUT2D eigenvalue weighted by atomic mass is 10.1. The first-order valence-electron chi connectivity index (χ1n) is 6.70. The number of fused-ring (bicyclic) bond motifs is 2. The second-order valence-electron chi connectivity index (χ2n) is 4.64. The number of nitrogens with zero attached hydrogens (tertiary/aromatic N) is 1. The van der Waals surface area contributed by atoms with Gasteiger partial charge in [0.25, 0.3) is 0 Å². The molecule has 0 fully saturated rings. The van der Waals surface area contributed by atoms with Crippen LogP contribution in [0.15, 0.2) is 73.2 Å². The first-order valence-corrected chi connectivity index (χ1v) is 6.70. The molecule has 1 aromatic heterocycles. The third-order valence-electron chi connectivity index (χ3n) is 3.28. The van der Waals surface area contributed by atoms with Crippen molar-refractivity contribution in [2.24, 2.45) is 0 Å². The first-order chi connectivity index (χ1) is 9.93. The minimum atomic E-state index is 0.965. The van der Waals surface area contributed by atoms with Crippen LogP contribution in [-0.2, 0) is 6.54 Å². The van der Waals surface area contributed by atoms with Gasteiger partial charge in [-0.15, -0.1) is 0 Å². The van der Waals surface area contributed by atoms with Gasteiger partial charge in [0.1, 0.15) is 0 Å². The van der Waals surface area contributed by atoms with Crippen molar-refractivity contribution >= 4 is 16.8 Å². The highest BCUT2D eigenvalue weighted by Gasteiger charge is 1.99. The van der Waals surface area contributed by atoms with E-state index in [0.717, 1.165) is 6.54 Å². The van der Waals surface area contributed by atoms with Crippen LogP contribution >= 0.6 is 0 Å². The molecule has 0 saturated carbocycles. The van der Waals surface area contributed by atoms with E-state index in [2.05, 4.69) is 52.8 Å². The molecule has 0 radical (unpaired) electrons. The Kier molecular flexibility index (Phi) is 3.74. The van der Waals surface area contributed by atoms with Gasteiger partial charge in [-0.25, -0.2) is 0 Å². The fourth-order valence-corrected chi connectivity index (χ4v) is 2.20. The Hall–Kier alpha value is -2.61. The lowest BCUT2D eigenvalue weighted by molar-refractivity contribution is 0.859. The molecule has 2 heterocycles. The number of aromatic nitrogens is 1. The smallest absolute Gasteiger partial charge is 0.0401 e. The van der Waals surface area contributed by atoms with E-state index in [1.165, 1.54) is 21.9 Å². The summed E-state index contributed by atoms with van der Waals surface area (Å²) in [4.78, 5) is 4.01. The number of rotatable bonds is 0. The molecule has 0 saturated heterocycles. The maximum atomic E-state index is 4.01. The van der Waals surface area contributed by atoms with Crippen molar-refractivity contribution in [1.82, 2.24) is 10.3 Å². The molecule has 4 rings (SSSR count). The second-order valence-corrected chi connectivity index (χ2v) is 4.64. The highest BCUT2D eigenvalue weighted by atomic mass is 14.8. The standard InChI is InChI=1S/C9H9N.C9H7N/c2*1-2-4-9-7-10-6-5-8(9)3-1/h1-6,10H,7H2;1-7H. The Morgan fingerprint density at radius 3 is 2.50 bits per heavy atom. The van der Waals surface area contributed by atoms with Crippen molar-refractivity contribution in [2.45, 2.75) is 6.54 Å². The maximum absolute atomic E-state index is 4.01. The van der Waals surface area contributed by atoms with E-state index in [1.54, 1.807) is 0 Å². The van der Waals surface area contributed by atoms with Gasteiger partial charge < -0.3 is 5.32 Å². The molecule has 1 aliphatic heterocycles. The van der Waals surface area contributed by atoms with Crippen molar-refractivity contribution in [2.75, 3.05) is 0 Å². The number of pyridine rings is 1. The van der Waals surface area contributed by atoms with E-state index in [4.69, 9.17) is 0 Å². The normalized spacial score (nSPS) is 12.0. The lowest BCUT2D eigenvalue weighted by Crippen LogP contribution is -2.09. The average Bonchev–Trinajstić information content (AvgIpc) is 2.56. The summed E-state index contributed by atoms with van der Waals surface area (Å²) in [5, 5.41) is 5.61. The monoisotopic (exact) mass is 260 g/mol. The molecule has 2 heteroatoms. The van der Waals surface area contributed by atoms with Gasteiger partial charge in [0, 0.05) is 18.9 Å². The van der Waals surface area contributed by atoms with Gasteiger partial charge in [0.15, 0.2) is 0 Å². The van der Waals surface area contributed by atoms with Crippen LogP contribution in [0.3, 0.4) is 0 Å². The van der Waals surface area contributed by atoms with E-state index < -0.39 is 0 Å². The average molecular weight is 260 g/mol. The van der Waals surface area contributed by atoms with Crippen LogP contribution in [0.1, 0.15) is 11.1 Å². The quantitative estimate of drug-likeness (QED) is 0.661. The number of hydrogen-bond acceptors (Lipinski definition) is 2. The molecule has 0 aliphatic carbocycles. The maximum Gasteiger partial charge on any atom is 0.0401 e. The van der Waals surface area contributed by atoms with Crippen molar-refractivity contribution in [3.63, 3.8) is 0 Å². The van der Waals surface area contributed by atoms with Crippen LogP contribution in [-0.4, -0.2) is 4.98 Å². The van der Waals surface area contributed by atoms with Gasteiger partial charge in [-0.3, -0.25) is 4.98 Å². The predicted molar refractivity (Wildman–Crippen MR) is 84.1 cm³/mol. The molecule has 98 valence electrons. The third kappa shape index (κ3) is 2.86. The van der Waals surface area contributed by atoms with Crippen LogP contribution in [0.5, 0.6) is 0 Å². The van der Waals surface area contributed by atoms with Gasteiger partial charge in [0.2, 0.25) is 0 Å². The summed E-state index contributed by atoms with van der Waals surface area (Å²) in [5.41, 5.74) is 2.71. The molecule has 1 aliphatic rings. The van der Waals surface area contributed by atoms with Crippen LogP contribution in [0.4, 0.5) is 0 Å². The number of nitrogens with one attached hydrogen (secondary N) is 1. The van der Waals surface area contributed by atoms with Gasteiger partial charge in [-0.2, -0.15) is 0 Å². The molecule has 0 amide bonds. The first kappa shape index (κ1) is 12.4. The zero-order chi connectivity index (χ0) is 13.6.